The molecule has 1 aromatic carbocycles. The van der Waals surface area contributed by atoms with Gasteiger partial charge < -0.3 is 5.32 Å². The lowest BCUT2D eigenvalue weighted by Gasteiger charge is -2.33. The minimum Gasteiger partial charge on any atom is -0.343 e. The summed E-state index contributed by atoms with van der Waals surface area (Å²) in [6.07, 6.45) is 1.48. The second-order valence-electron chi connectivity index (χ2n) is 4.79. The number of amides is 2. The zero-order valence-electron chi connectivity index (χ0n) is 11.1. The Labute approximate surface area is 117 Å². The second-order valence-corrected chi connectivity index (χ2v) is 5.20. The minimum absolute atomic E-state index is 0.0300. The van der Waals surface area contributed by atoms with Gasteiger partial charge in [0.15, 0.2) is 0 Å². The zero-order valence-corrected chi connectivity index (χ0v) is 11.8. The summed E-state index contributed by atoms with van der Waals surface area (Å²) in [6, 6.07) is 5.02. The van der Waals surface area contributed by atoms with Crippen molar-refractivity contribution in [2.24, 2.45) is 0 Å². The van der Waals surface area contributed by atoms with Gasteiger partial charge in [-0.3, -0.25) is 14.5 Å². The van der Waals surface area contributed by atoms with Gasteiger partial charge in [0.1, 0.15) is 12.6 Å². The van der Waals surface area contributed by atoms with Crippen LogP contribution in [0.25, 0.3) is 0 Å². The van der Waals surface area contributed by atoms with Crippen LogP contribution in [0.15, 0.2) is 18.2 Å². The molecule has 0 saturated carbocycles. The van der Waals surface area contributed by atoms with Crippen molar-refractivity contribution in [3.63, 3.8) is 0 Å². The number of aryl methyl sites for hydroxylation is 1. The van der Waals surface area contributed by atoms with E-state index >= 15 is 0 Å². The molecule has 2 amide bonds. The predicted octanol–water partition coefficient (Wildman–Crippen LogP) is 2.28. The van der Waals surface area contributed by atoms with E-state index in [4.69, 9.17) is 11.6 Å². The fraction of sp³-hybridized carbons (Fsp3) is 0.429. The van der Waals surface area contributed by atoms with E-state index < -0.39 is 6.04 Å². The van der Waals surface area contributed by atoms with Crippen molar-refractivity contribution < 1.29 is 9.59 Å². The number of anilines is 1. The third-order valence-corrected chi connectivity index (χ3v) is 3.49. The van der Waals surface area contributed by atoms with Crippen molar-refractivity contribution in [2.45, 2.75) is 32.7 Å². The number of piperazine rings is 1. The van der Waals surface area contributed by atoms with Crippen molar-refractivity contribution in [2.75, 3.05) is 11.4 Å². The molecule has 102 valence electrons. The maximum absolute atomic E-state index is 12.4. The SMILES string of the molecule is CCCC1NC(=O)CN(c2cc(C)ccc2Cl)C1=O. The fourth-order valence-electron chi connectivity index (χ4n) is 2.23. The van der Waals surface area contributed by atoms with Crippen molar-refractivity contribution in [3.8, 4) is 0 Å². The first kappa shape index (κ1) is 13.9. The standard InChI is InChI=1S/C14H17ClN2O2/c1-3-4-11-14(19)17(8-13(18)16-11)12-7-9(2)5-6-10(12)15/h5-7,11H,3-4,8H2,1-2H3,(H,16,18). The molecule has 1 aliphatic rings. The van der Waals surface area contributed by atoms with Gasteiger partial charge in [-0.05, 0) is 31.0 Å². The Morgan fingerprint density at radius 2 is 2.16 bits per heavy atom. The Morgan fingerprint density at radius 3 is 2.84 bits per heavy atom. The molecule has 1 fully saturated rings. The average molecular weight is 281 g/mol. The van der Waals surface area contributed by atoms with Crippen LogP contribution in [0.3, 0.4) is 0 Å². The smallest absolute Gasteiger partial charge is 0.250 e. The Kier molecular flexibility index (Phi) is 4.10. The predicted molar refractivity (Wildman–Crippen MR) is 75.4 cm³/mol. The van der Waals surface area contributed by atoms with Gasteiger partial charge in [0.05, 0.1) is 10.7 Å². The van der Waals surface area contributed by atoms with Gasteiger partial charge in [-0.1, -0.05) is 31.0 Å². The van der Waals surface area contributed by atoms with E-state index in [1.165, 1.54) is 4.90 Å². The van der Waals surface area contributed by atoms with E-state index in [0.717, 1.165) is 12.0 Å². The summed E-state index contributed by atoms with van der Waals surface area (Å²) in [4.78, 5) is 25.6. The van der Waals surface area contributed by atoms with Crippen molar-refractivity contribution in [1.29, 1.82) is 0 Å². The third kappa shape index (κ3) is 2.89. The van der Waals surface area contributed by atoms with Crippen molar-refractivity contribution in [1.82, 2.24) is 5.32 Å². The summed E-state index contributed by atoms with van der Waals surface area (Å²) in [7, 11) is 0. The maximum Gasteiger partial charge on any atom is 0.250 e. The molecule has 1 aromatic rings. The van der Waals surface area contributed by atoms with Crippen LogP contribution >= 0.6 is 11.6 Å². The highest BCUT2D eigenvalue weighted by molar-refractivity contribution is 6.34. The third-order valence-electron chi connectivity index (χ3n) is 3.17. The summed E-state index contributed by atoms with van der Waals surface area (Å²) < 4.78 is 0. The van der Waals surface area contributed by atoms with Gasteiger partial charge >= 0.3 is 0 Å². The van der Waals surface area contributed by atoms with Gasteiger partial charge in [-0.15, -0.1) is 0 Å². The van der Waals surface area contributed by atoms with Crippen LogP contribution in [-0.2, 0) is 9.59 Å². The van der Waals surface area contributed by atoms with Crippen LogP contribution in [-0.4, -0.2) is 24.4 Å². The molecule has 1 aliphatic heterocycles. The number of halogens is 1. The lowest BCUT2D eigenvalue weighted by Crippen LogP contribution is -2.58. The molecule has 0 bridgehead atoms. The number of hydrogen-bond donors (Lipinski definition) is 1. The molecule has 0 aliphatic carbocycles. The van der Waals surface area contributed by atoms with Crippen LogP contribution in [0.5, 0.6) is 0 Å². The lowest BCUT2D eigenvalue weighted by atomic mass is 10.1. The summed E-state index contributed by atoms with van der Waals surface area (Å²) >= 11 is 6.14. The summed E-state index contributed by atoms with van der Waals surface area (Å²) in [5.74, 6) is -0.232. The van der Waals surface area contributed by atoms with Crippen LogP contribution in [0, 0.1) is 6.92 Å². The number of carbonyl (C=O) groups is 2. The quantitative estimate of drug-likeness (QED) is 0.923. The number of hydrogen-bond acceptors (Lipinski definition) is 2. The van der Waals surface area contributed by atoms with Crippen molar-refractivity contribution in [3.05, 3.63) is 28.8 Å². The summed E-state index contributed by atoms with van der Waals surface area (Å²) in [6.45, 7) is 3.94. The molecule has 2 rings (SSSR count). The van der Waals surface area contributed by atoms with Gasteiger partial charge in [-0.25, -0.2) is 0 Å². The molecular weight excluding hydrogens is 264 g/mol. The first-order valence-corrected chi connectivity index (χ1v) is 6.77. The number of nitrogens with one attached hydrogen (secondary N) is 1. The molecule has 0 aromatic heterocycles. The van der Waals surface area contributed by atoms with Gasteiger partial charge in [0.2, 0.25) is 11.8 Å². The highest BCUT2D eigenvalue weighted by Crippen LogP contribution is 2.28. The first-order chi connectivity index (χ1) is 9.02. The molecule has 19 heavy (non-hydrogen) atoms. The monoisotopic (exact) mass is 280 g/mol. The van der Waals surface area contributed by atoms with Gasteiger partial charge in [0, 0.05) is 0 Å². The van der Waals surface area contributed by atoms with Crippen LogP contribution < -0.4 is 10.2 Å². The summed E-state index contributed by atoms with van der Waals surface area (Å²) in [5, 5.41) is 3.22. The molecule has 1 atom stereocenters. The molecule has 1 N–H and O–H groups in total. The molecule has 1 saturated heterocycles. The highest BCUT2D eigenvalue weighted by Gasteiger charge is 2.33. The number of benzene rings is 1. The minimum atomic E-state index is -0.442. The number of rotatable bonds is 3. The molecule has 1 heterocycles. The molecule has 0 spiro atoms. The van der Waals surface area contributed by atoms with E-state index in [1.807, 2.05) is 26.0 Å². The summed E-state index contributed by atoms with van der Waals surface area (Å²) in [5.41, 5.74) is 1.62. The largest absolute Gasteiger partial charge is 0.343 e. The number of carbonyl (C=O) groups excluding carboxylic acids is 2. The topological polar surface area (TPSA) is 49.4 Å². The van der Waals surface area contributed by atoms with Crippen molar-refractivity contribution >= 4 is 29.1 Å². The molecule has 5 heteroatoms. The first-order valence-electron chi connectivity index (χ1n) is 6.39. The van der Waals surface area contributed by atoms with Crippen LogP contribution in [0.1, 0.15) is 25.3 Å². The zero-order chi connectivity index (χ0) is 14.0. The van der Waals surface area contributed by atoms with Gasteiger partial charge in [-0.2, -0.15) is 0 Å². The molecule has 1 unspecified atom stereocenters. The van der Waals surface area contributed by atoms with Crippen LogP contribution in [0.2, 0.25) is 5.02 Å². The second kappa shape index (κ2) is 5.61. The van der Waals surface area contributed by atoms with Gasteiger partial charge in [0.25, 0.3) is 0 Å². The fourth-order valence-corrected chi connectivity index (χ4v) is 2.45. The lowest BCUT2D eigenvalue weighted by molar-refractivity contribution is -0.131. The maximum atomic E-state index is 12.4. The Morgan fingerprint density at radius 1 is 1.42 bits per heavy atom. The molecular formula is C14H17ClN2O2. The highest BCUT2D eigenvalue weighted by atomic mass is 35.5. The van der Waals surface area contributed by atoms with E-state index in [9.17, 15) is 9.59 Å². The Balaban J connectivity index is 2.34. The van der Waals surface area contributed by atoms with E-state index in [-0.39, 0.29) is 18.4 Å². The normalized spacial score (nSPS) is 19.5. The van der Waals surface area contributed by atoms with E-state index in [2.05, 4.69) is 5.32 Å². The van der Waals surface area contributed by atoms with Crippen LogP contribution in [0.4, 0.5) is 5.69 Å². The Hall–Kier alpha value is -1.55. The molecule has 4 nitrogen and oxygen atoms in total. The van der Waals surface area contributed by atoms with E-state index in [0.29, 0.717) is 17.1 Å². The number of nitrogens with zero attached hydrogens (tertiary/aromatic N) is 1. The molecule has 0 radical (unpaired) electrons. The Bertz CT molecular complexity index is 516. The average Bonchev–Trinajstić information content (AvgIpc) is 2.37. The van der Waals surface area contributed by atoms with E-state index in [1.54, 1.807) is 6.07 Å².